The number of ether oxygens (including phenoxy) is 2. The molecular weight excluding hydrogens is 429 g/mol. The molecule has 0 fully saturated rings. The van der Waals surface area contributed by atoms with Crippen LogP contribution < -0.4 is 20.5 Å². The second-order valence-corrected chi connectivity index (χ2v) is 7.35. The molecule has 0 aliphatic carbocycles. The molecule has 33 heavy (non-hydrogen) atoms. The van der Waals surface area contributed by atoms with E-state index in [0.29, 0.717) is 12.2 Å². The van der Waals surface area contributed by atoms with Crippen LogP contribution in [0.3, 0.4) is 0 Å². The lowest BCUT2D eigenvalue weighted by Crippen LogP contribution is -2.41. The number of nitrogens with one attached hydrogen (secondary N) is 1. The van der Waals surface area contributed by atoms with Gasteiger partial charge in [0, 0.05) is 18.8 Å². The molecule has 0 radical (unpaired) electrons. The maximum absolute atomic E-state index is 13.6. The second-order valence-electron chi connectivity index (χ2n) is 7.35. The second kappa shape index (κ2) is 11.9. The third kappa shape index (κ3) is 7.25. The molecule has 2 unspecified atom stereocenters. The van der Waals surface area contributed by atoms with Gasteiger partial charge in [0.15, 0.2) is 11.6 Å². The first-order valence-electron chi connectivity index (χ1n) is 10.4. The minimum absolute atomic E-state index is 0.0752. The van der Waals surface area contributed by atoms with Crippen LogP contribution in [0.1, 0.15) is 15.9 Å². The molecule has 2 atom stereocenters. The molecule has 0 saturated carbocycles. The topological polar surface area (TPSA) is 127 Å². The van der Waals surface area contributed by atoms with E-state index >= 15 is 0 Å². The van der Waals surface area contributed by atoms with E-state index in [1.54, 1.807) is 30.3 Å². The van der Waals surface area contributed by atoms with Crippen molar-refractivity contribution >= 4 is 5.91 Å². The van der Waals surface area contributed by atoms with Crippen LogP contribution in [0.25, 0.3) is 0 Å². The van der Waals surface area contributed by atoms with Gasteiger partial charge in [-0.05, 0) is 48.4 Å². The summed E-state index contributed by atoms with van der Waals surface area (Å²) < 4.78 is 24.5. The lowest BCUT2D eigenvalue weighted by atomic mass is 10.1. The van der Waals surface area contributed by atoms with Gasteiger partial charge in [0.05, 0.1) is 6.61 Å². The number of pyridine rings is 1. The summed E-state index contributed by atoms with van der Waals surface area (Å²) in [5.74, 6) is -0.445. The zero-order valence-electron chi connectivity index (χ0n) is 17.9. The summed E-state index contributed by atoms with van der Waals surface area (Å²) in [6.07, 6.45) is 1.12. The van der Waals surface area contributed by atoms with Gasteiger partial charge in [-0.15, -0.1) is 0 Å². The van der Waals surface area contributed by atoms with Crippen LogP contribution in [0, 0.1) is 5.82 Å². The van der Waals surface area contributed by atoms with Gasteiger partial charge in [-0.2, -0.15) is 0 Å². The quantitative estimate of drug-likeness (QED) is 0.329. The van der Waals surface area contributed by atoms with Crippen molar-refractivity contribution in [2.75, 3.05) is 19.8 Å². The molecule has 0 spiro atoms. The minimum Gasteiger partial charge on any atom is -0.488 e. The standard InChI is InChI=1S/C24H26FN3O5/c25-21-5-1-2-6-22(21)32-15-18(30)13-28-17(14-29)12-16-7-9-19(10-8-16)33-24-20(23(26)31)4-3-11-27-24/h1-11,17-18,28-30H,12-15H2,(H2,26,31). The average molecular weight is 455 g/mol. The number of para-hydroxylation sites is 1. The summed E-state index contributed by atoms with van der Waals surface area (Å²) in [6.45, 7) is -0.0651. The van der Waals surface area contributed by atoms with Crippen molar-refractivity contribution in [3.8, 4) is 17.4 Å². The summed E-state index contributed by atoms with van der Waals surface area (Å²) in [6, 6.07) is 15.9. The first-order chi connectivity index (χ1) is 16.0. The number of primary amides is 1. The predicted octanol–water partition coefficient (Wildman–Crippen LogP) is 2.04. The van der Waals surface area contributed by atoms with Gasteiger partial charge in [0.2, 0.25) is 5.88 Å². The SMILES string of the molecule is NC(=O)c1cccnc1Oc1ccc(CC(CO)NCC(O)COc2ccccc2F)cc1. The normalized spacial score (nSPS) is 12.7. The molecule has 1 aromatic heterocycles. The molecule has 2 aromatic carbocycles. The number of benzene rings is 2. The van der Waals surface area contributed by atoms with Crippen LogP contribution in [0.15, 0.2) is 66.9 Å². The molecule has 5 N–H and O–H groups in total. The fourth-order valence-corrected chi connectivity index (χ4v) is 3.06. The number of aliphatic hydroxyl groups excluding tert-OH is 2. The lowest BCUT2D eigenvalue weighted by molar-refractivity contribution is 0.0977. The molecular formula is C24H26FN3O5. The number of amides is 1. The Morgan fingerprint density at radius 3 is 2.58 bits per heavy atom. The molecule has 174 valence electrons. The van der Waals surface area contributed by atoms with Gasteiger partial charge >= 0.3 is 0 Å². The van der Waals surface area contributed by atoms with Crippen LogP contribution in [-0.4, -0.2) is 53.0 Å². The summed E-state index contributed by atoms with van der Waals surface area (Å²) in [4.78, 5) is 15.5. The largest absolute Gasteiger partial charge is 0.488 e. The van der Waals surface area contributed by atoms with E-state index in [2.05, 4.69) is 10.3 Å². The van der Waals surface area contributed by atoms with Gasteiger partial charge in [0.1, 0.15) is 24.0 Å². The Morgan fingerprint density at radius 2 is 1.88 bits per heavy atom. The first-order valence-corrected chi connectivity index (χ1v) is 10.4. The highest BCUT2D eigenvalue weighted by Gasteiger charge is 2.14. The fourth-order valence-electron chi connectivity index (χ4n) is 3.06. The average Bonchev–Trinajstić information content (AvgIpc) is 2.82. The molecule has 0 aliphatic rings. The molecule has 1 heterocycles. The van der Waals surface area contributed by atoms with Crippen molar-refractivity contribution in [1.82, 2.24) is 10.3 Å². The van der Waals surface area contributed by atoms with Crippen LogP contribution in [-0.2, 0) is 6.42 Å². The maximum Gasteiger partial charge on any atom is 0.254 e. The number of nitrogens with two attached hydrogens (primary N) is 1. The van der Waals surface area contributed by atoms with Crippen molar-refractivity contribution in [1.29, 1.82) is 0 Å². The lowest BCUT2D eigenvalue weighted by Gasteiger charge is -2.19. The molecule has 0 bridgehead atoms. The van der Waals surface area contributed by atoms with Gasteiger partial charge < -0.3 is 30.7 Å². The third-order valence-electron chi connectivity index (χ3n) is 4.79. The monoisotopic (exact) mass is 455 g/mol. The molecule has 0 aliphatic heterocycles. The number of hydrogen-bond acceptors (Lipinski definition) is 7. The number of nitrogens with zero attached hydrogens (tertiary/aromatic N) is 1. The summed E-state index contributed by atoms with van der Waals surface area (Å²) in [7, 11) is 0. The first kappa shape index (κ1) is 24.1. The van der Waals surface area contributed by atoms with E-state index in [0.717, 1.165) is 5.56 Å². The summed E-state index contributed by atoms with van der Waals surface area (Å²) >= 11 is 0. The van der Waals surface area contributed by atoms with E-state index in [4.69, 9.17) is 15.2 Å². The maximum atomic E-state index is 13.6. The van der Waals surface area contributed by atoms with Crippen LogP contribution in [0.5, 0.6) is 17.4 Å². The number of aromatic nitrogens is 1. The van der Waals surface area contributed by atoms with Crippen LogP contribution in [0.2, 0.25) is 0 Å². The molecule has 3 rings (SSSR count). The van der Waals surface area contributed by atoms with Gasteiger partial charge in [0.25, 0.3) is 5.91 Å². The Kier molecular flexibility index (Phi) is 8.71. The summed E-state index contributed by atoms with van der Waals surface area (Å²) in [5, 5.41) is 22.9. The molecule has 8 nitrogen and oxygen atoms in total. The Balaban J connectivity index is 1.49. The van der Waals surface area contributed by atoms with E-state index in [9.17, 15) is 19.4 Å². The van der Waals surface area contributed by atoms with Crippen molar-refractivity contribution in [2.45, 2.75) is 18.6 Å². The number of hydrogen-bond donors (Lipinski definition) is 4. The fraction of sp³-hybridized carbons (Fsp3) is 0.250. The summed E-state index contributed by atoms with van der Waals surface area (Å²) in [5.41, 5.74) is 6.44. The highest BCUT2D eigenvalue weighted by molar-refractivity contribution is 5.95. The van der Waals surface area contributed by atoms with E-state index in [1.807, 2.05) is 12.1 Å². The molecule has 0 saturated heterocycles. The number of rotatable bonds is 12. The highest BCUT2D eigenvalue weighted by atomic mass is 19.1. The predicted molar refractivity (Wildman–Crippen MR) is 120 cm³/mol. The van der Waals surface area contributed by atoms with Crippen LogP contribution >= 0.6 is 0 Å². The van der Waals surface area contributed by atoms with E-state index in [-0.39, 0.29) is 43.0 Å². The minimum atomic E-state index is -0.882. The van der Waals surface area contributed by atoms with E-state index in [1.165, 1.54) is 24.4 Å². The zero-order chi connectivity index (χ0) is 23.6. The van der Waals surface area contributed by atoms with Crippen molar-refractivity contribution in [3.63, 3.8) is 0 Å². The Hall–Kier alpha value is -3.53. The van der Waals surface area contributed by atoms with Crippen molar-refractivity contribution < 1.29 is 28.9 Å². The number of carbonyl (C=O) groups excluding carboxylic acids is 1. The highest BCUT2D eigenvalue weighted by Crippen LogP contribution is 2.23. The van der Waals surface area contributed by atoms with Crippen LogP contribution in [0.4, 0.5) is 4.39 Å². The van der Waals surface area contributed by atoms with Gasteiger partial charge in [-0.1, -0.05) is 24.3 Å². The smallest absolute Gasteiger partial charge is 0.254 e. The Bertz CT molecular complexity index is 1050. The van der Waals surface area contributed by atoms with Gasteiger partial charge in [-0.3, -0.25) is 4.79 Å². The van der Waals surface area contributed by atoms with Crippen molar-refractivity contribution in [3.05, 3.63) is 83.8 Å². The zero-order valence-corrected chi connectivity index (χ0v) is 17.9. The number of aliphatic hydroxyl groups is 2. The van der Waals surface area contributed by atoms with E-state index < -0.39 is 17.8 Å². The number of carbonyl (C=O) groups is 1. The van der Waals surface area contributed by atoms with Crippen molar-refractivity contribution in [2.24, 2.45) is 5.73 Å². The molecule has 3 aromatic rings. The Labute approximate surface area is 190 Å². The molecule has 9 heteroatoms. The molecule has 1 amide bonds. The third-order valence-corrected chi connectivity index (χ3v) is 4.79. The van der Waals surface area contributed by atoms with Gasteiger partial charge in [-0.25, -0.2) is 9.37 Å². The number of halogens is 1. The Morgan fingerprint density at radius 1 is 1.12 bits per heavy atom.